The van der Waals surface area contributed by atoms with E-state index in [1.807, 2.05) is 36.4 Å². The maximum Gasteiger partial charge on any atom is 0.338 e. The molecule has 106 valence electrons. The third-order valence-electron chi connectivity index (χ3n) is 3.58. The highest BCUT2D eigenvalue weighted by Gasteiger charge is 2.32. The molecule has 1 aliphatic rings. The second kappa shape index (κ2) is 6.10. The standard InChI is InChI=1S/C16H14BFO2S/c17-15-14(18)8-13(21-15)9-20-16(19)12-6-5-10-3-1-2-4-11(10)7-12/h1-7,13-15H,8-9H2/t13-,14-,15-/m0/s1. The summed E-state index contributed by atoms with van der Waals surface area (Å²) in [4.78, 5) is 12.1. The molecule has 0 aliphatic carbocycles. The van der Waals surface area contributed by atoms with E-state index in [1.165, 1.54) is 11.8 Å². The molecule has 1 saturated heterocycles. The van der Waals surface area contributed by atoms with Gasteiger partial charge in [0.05, 0.1) is 13.4 Å². The number of halogens is 1. The first-order chi connectivity index (χ1) is 10.1. The number of esters is 1. The van der Waals surface area contributed by atoms with Crippen molar-refractivity contribution in [3.63, 3.8) is 0 Å². The molecule has 0 unspecified atom stereocenters. The Morgan fingerprint density at radius 1 is 1.29 bits per heavy atom. The van der Waals surface area contributed by atoms with Crippen LogP contribution < -0.4 is 0 Å². The first kappa shape index (κ1) is 14.5. The van der Waals surface area contributed by atoms with Crippen molar-refractivity contribution >= 4 is 36.3 Å². The van der Waals surface area contributed by atoms with Gasteiger partial charge in [-0.15, -0.1) is 0 Å². The van der Waals surface area contributed by atoms with Crippen LogP contribution in [0.2, 0.25) is 0 Å². The second-order valence-electron chi connectivity index (χ2n) is 5.13. The molecule has 0 saturated carbocycles. The van der Waals surface area contributed by atoms with Gasteiger partial charge in [0.15, 0.2) is 0 Å². The lowest BCUT2D eigenvalue weighted by atomic mass is 9.97. The van der Waals surface area contributed by atoms with E-state index in [0.717, 1.165) is 10.8 Å². The summed E-state index contributed by atoms with van der Waals surface area (Å²) in [6.45, 7) is 0.199. The maximum atomic E-state index is 13.3. The molecule has 21 heavy (non-hydrogen) atoms. The van der Waals surface area contributed by atoms with E-state index in [0.29, 0.717) is 12.0 Å². The van der Waals surface area contributed by atoms with E-state index in [4.69, 9.17) is 12.6 Å². The van der Waals surface area contributed by atoms with Gasteiger partial charge in [0.1, 0.15) is 12.8 Å². The summed E-state index contributed by atoms with van der Waals surface area (Å²) in [5, 5.41) is 1.51. The van der Waals surface area contributed by atoms with Crippen LogP contribution >= 0.6 is 11.8 Å². The fourth-order valence-electron chi connectivity index (χ4n) is 2.42. The van der Waals surface area contributed by atoms with E-state index in [1.54, 1.807) is 6.07 Å². The molecule has 2 radical (unpaired) electrons. The largest absolute Gasteiger partial charge is 0.461 e. The summed E-state index contributed by atoms with van der Waals surface area (Å²) in [6, 6.07) is 13.3. The van der Waals surface area contributed by atoms with Crippen LogP contribution in [-0.2, 0) is 4.74 Å². The Bertz CT molecular complexity index is 654. The van der Waals surface area contributed by atoms with Gasteiger partial charge in [-0.25, -0.2) is 9.18 Å². The van der Waals surface area contributed by atoms with Gasteiger partial charge < -0.3 is 4.74 Å². The number of benzene rings is 2. The zero-order valence-electron chi connectivity index (χ0n) is 11.4. The lowest BCUT2D eigenvalue weighted by molar-refractivity contribution is 0.0501. The number of hydrogen-bond donors (Lipinski definition) is 0. The normalized spacial score (nSPS) is 25.1. The van der Waals surface area contributed by atoms with Crippen molar-refractivity contribution in [3.05, 3.63) is 48.0 Å². The Balaban J connectivity index is 1.64. The van der Waals surface area contributed by atoms with Gasteiger partial charge in [0.2, 0.25) is 0 Å². The Morgan fingerprint density at radius 2 is 2.05 bits per heavy atom. The second-order valence-corrected chi connectivity index (χ2v) is 6.62. The molecule has 0 amide bonds. The van der Waals surface area contributed by atoms with Crippen molar-refractivity contribution < 1.29 is 13.9 Å². The van der Waals surface area contributed by atoms with Crippen LogP contribution in [0.1, 0.15) is 16.8 Å². The Morgan fingerprint density at radius 3 is 2.76 bits per heavy atom. The fraction of sp³-hybridized carbons (Fsp3) is 0.312. The van der Waals surface area contributed by atoms with Gasteiger partial charge >= 0.3 is 5.97 Å². The molecule has 1 aliphatic heterocycles. The first-order valence-corrected chi connectivity index (χ1v) is 7.79. The quantitative estimate of drug-likeness (QED) is 0.642. The average molecular weight is 300 g/mol. The number of carbonyl (C=O) groups excluding carboxylic acids is 1. The third-order valence-corrected chi connectivity index (χ3v) is 4.90. The van der Waals surface area contributed by atoms with Gasteiger partial charge in [-0.2, -0.15) is 11.8 Å². The maximum absolute atomic E-state index is 13.3. The number of ether oxygens (including phenoxy) is 1. The van der Waals surface area contributed by atoms with E-state index in [9.17, 15) is 9.18 Å². The number of fused-ring (bicyclic) bond motifs is 1. The molecule has 2 nitrogen and oxygen atoms in total. The van der Waals surface area contributed by atoms with Crippen LogP contribution in [0, 0.1) is 0 Å². The van der Waals surface area contributed by atoms with Gasteiger partial charge in [-0.3, -0.25) is 0 Å². The number of alkyl halides is 1. The molecule has 0 N–H and O–H groups in total. The summed E-state index contributed by atoms with van der Waals surface area (Å²) in [7, 11) is 5.60. The van der Waals surface area contributed by atoms with Crippen LogP contribution in [0.3, 0.4) is 0 Å². The van der Waals surface area contributed by atoms with Crippen molar-refractivity contribution in [2.45, 2.75) is 23.0 Å². The minimum atomic E-state index is -1.01. The summed E-state index contributed by atoms with van der Waals surface area (Å²) >= 11 is 1.34. The monoisotopic (exact) mass is 300 g/mol. The van der Waals surface area contributed by atoms with E-state index in [-0.39, 0.29) is 17.8 Å². The molecular formula is C16H14BFO2S. The van der Waals surface area contributed by atoms with Crippen molar-refractivity contribution in [3.8, 4) is 0 Å². The molecule has 5 heteroatoms. The highest BCUT2D eigenvalue weighted by Crippen LogP contribution is 2.34. The zero-order chi connectivity index (χ0) is 14.8. The van der Waals surface area contributed by atoms with E-state index in [2.05, 4.69) is 0 Å². The van der Waals surface area contributed by atoms with Gasteiger partial charge in [-0.05, 0) is 34.5 Å². The Kier molecular flexibility index (Phi) is 4.20. The molecule has 2 aromatic rings. The number of carbonyl (C=O) groups is 1. The molecule has 2 aromatic carbocycles. The van der Waals surface area contributed by atoms with Crippen LogP contribution in [-0.4, -0.2) is 37.0 Å². The predicted octanol–water partition coefficient (Wildman–Crippen LogP) is 3.33. The summed E-state index contributed by atoms with van der Waals surface area (Å²) in [5.41, 5.74) is 0.512. The van der Waals surface area contributed by atoms with Gasteiger partial charge in [0, 0.05) is 5.25 Å². The Hall–Kier alpha value is -1.49. The molecule has 1 heterocycles. The molecule has 0 spiro atoms. The summed E-state index contributed by atoms with van der Waals surface area (Å²) < 4.78 is 18.6. The van der Waals surface area contributed by atoms with Gasteiger partial charge in [0.25, 0.3) is 0 Å². The highest BCUT2D eigenvalue weighted by atomic mass is 32.2. The lowest BCUT2D eigenvalue weighted by Gasteiger charge is -2.10. The fourth-order valence-corrected chi connectivity index (χ4v) is 3.59. The molecule has 0 aromatic heterocycles. The topological polar surface area (TPSA) is 26.3 Å². The van der Waals surface area contributed by atoms with Crippen molar-refractivity contribution in [1.29, 1.82) is 0 Å². The zero-order valence-corrected chi connectivity index (χ0v) is 12.2. The number of thioether (sulfide) groups is 1. The minimum absolute atomic E-state index is 0.0561. The van der Waals surface area contributed by atoms with E-state index < -0.39 is 11.3 Å². The molecule has 3 atom stereocenters. The van der Waals surface area contributed by atoms with E-state index >= 15 is 0 Å². The number of hydrogen-bond acceptors (Lipinski definition) is 3. The summed E-state index contributed by atoms with van der Waals surface area (Å²) in [6.07, 6.45) is -0.670. The predicted molar refractivity (Wildman–Crippen MR) is 84.7 cm³/mol. The highest BCUT2D eigenvalue weighted by molar-refractivity contribution is 8.01. The number of rotatable bonds is 3. The van der Waals surface area contributed by atoms with Crippen LogP contribution in [0.25, 0.3) is 10.8 Å². The molecule has 1 fully saturated rings. The Labute approximate surface area is 128 Å². The van der Waals surface area contributed by atoms with Crippen LogP contribution in [0.5, 0.6) is 0 Å². The van der Waals surface area contributed by atoms with Crippen molar-refractivity contribution in [2.24, 2.45) is 0 Å². The molecule has 3 rings (SSSR count). The summed E-state index contributed by atoms with van der Waals surface area (Å²) in [5.74, 6) is -0.378. The smallest absolute Gasteiger partial charge is 0.338 e. The first-order valence-electron chi connectivity index (χ1n) is 6.84. The van der Waals surface area contributed by atoms with Gasteiger partial charge in [-0.1, -0.05) is 30.3 Å². The lowest BCUT2D eigenvalue weighted by Crippen LogP contribution is -2.15. The van der Waals surface area contributed by atoms with Crippen molar-refractivity contribution in [2.75, 3.05) is 6.61 Å². The molecular weight excluding hydrogens is 286 g/mol. The average Bonchev–Trinajstić information content (AvgIpc) is 2.83. The SMILES string of the molecule is [B][C@H]1S[C@H](COC(=O)c2ccc3ccccc3c2)C[C@@H]1F. The molecule has 0 bridgehead atoms. The van der Waals surface area contributed by atoms with Crippen LogP contribution in [0.15, 0.2) is 42.5 Å². The minimum Gasteiger partial charge on any atom is -0.461 e. The van der Waals surface area contributed by atoms with Crippen molar-refractivity contribution in [1.82, 2.24) is 0 Å². The van der Waals surface area contributed by atoms with Crippen LogP contribution in [0.4, 0.5) is 4.39 Å². The third kappa shape index (κ3) is 3.23.